The monoisotopic (exact) mass is 441 g/mol. The Morgan fingerprint density at radius 3 is 2.72 bits per heavy atom. The highest BCUT2D eigenvalue weighted by molar-refractivity contribution is 9.10. The Morgan fingerprint density at radius 1 is 1.32 bits per heavy atom. The van der Waals surface area contributed by atoms with Gasteiger partial charge in [-0.3, -0.25) is 5.43 Å². The maximum Gasteiger partial charge on any atom is 0.184 e. The van der Waals surface area contributed by atoms with Gasteiger partial charge < -0.3 is 15.2 Å². The number of halogens is 2. The van der Waals surface area contributed by atoms with Crippen molar-refractivity contribution < 1.29 is 9.47 Å². The Morgan fingerprint density at radius 2 is 2.04 bits per heavy atom. The maximum atomic E-state index is 6.17. The summed E-state index contributed by atoms with van der Waals surface area (Å²) < 4.78 is 12.4. The first-order valence-corrected chi connectivity index (χ1v) is 9.00. The van der Waals surface area contributed by atoms with Gasteiger partial charge in [0.05, 0.1) is 12.8 Å². The van der Waals surface area contributed by atoms with Crippen LogP contribution in [0.3, 0.4) is 0 Å². The number of hydrazone groups is 1. The van der Waals surface area contributed by atoms with E-state index in [1.807, 2.05) is 43.3 Å². The number of hydrogen-bond donors (Lipinski definition) is 2. The van der Waals surface area contributed by atoms with Crippen LogP contribution in [0.5, 0.6) is 11.5 Å². The van der Waals surface area contributed by atoms with E-state index in [1.165, 1.54) is 0 Å². The van der Waals surface area contributed by atoms with Crippen LogP contribution in [0.2, 0.25) is 5.02 Å². The van der Waals surface area contributed by atoms with Crippen molar-refractivity contribution in [3.63, 3.8) is 0 Å². The summed E-state index contributed by atoms with van der Waals surface area (Å²) in [7, 11) is 0. The molecule has 0 amide bonds. The van der Waals surface area contributed by atoms with Crippen molar-refractivity contribution >= 4 is 51.1 Å². The van der Waals surface area contributed by atoms with Crippen LogP contribution in [0.1, 0.15) is 18.1 Å². The Bertz CT molecular complexity index is 786. The van der Waals surface area contributed by atoms with Crippen molar-refractivity contribution in [2.75, 3.05) is 6.61 Å². The number of nitrogens with two attached hydrogens (primary N) is 1. The average molecular weight is 443 g/mol. The van der Waals surface area contributed by atoms with Crippen LogP contribution >= 0.6 is 39.7 Å². The molecule has 5 nitrogen and oxygen atoms in total. The van der Waals surface area contributed by atoms with Crippen molar-refractivity contribution in [2.24, 2.45) is 10.8 Å². The lowest BCUT2D eigenvalue weighted by Crippen LogP contribution is -2.24. The average Bonchev–Trinajstić information content (AvgIpc) is 2.57. The second-order valence-corrected chi connectivity index (χ2v) is 6.57. The normalized spacial score (nSPS) is 10.7. The third-order valence-corrected chi connectivity index (χ3v) is 4.23. The zero-order valence-electron chi connectivity index (χ0n) is 13.5. The lowest BCUT2D eigenvalue weighted by molar-refractivity contribution is 0.269. The summed E-state index contributed by atoms with van der Waals surface area (Å²) in [5, 5.41) is 4.71. The van der Waals surface area contributed by atoms with Gasteiger partial charge in [-0.2, -0.15) is 5.10 Å². The number of nitrogens with one attached hydrogen (secondary N) is 1. The molecule has 25 heavy (non-hydrogen) atoms. The van der Waals surface area contributed by atoms with Gasteiger partial charge in [0, 0.05) is 20.6 Å². The molecule has 8 heteroatoms. The van der Waals surface area contributed by atoms with E-state index in [2.05, 4.69) is 26.5 Å². The fourth-order valence-electron chi connectivity index (χ4n) is 1.97. The topological polar surface area (TPSA) is 68.9 Å². The number of rotatable bonds is 7. The molecule has 132 valence electrons. The summed E-state index contributed by atoms with van der Waals surface area (Å²) in [4.78, 5) is 0. The molecule has 0 aliphatic carbocycles. The second kappa shape index (κ2) is 9.60. The molecule has 0 bridgehead atoms. The third-order valence-electron chi connectivity index (χ3n) is 3.08. The molecule has 2 aromatic rings. The molecular weight excluding hydrogens is 426 g/mol. The molecule has 0 spiro atoms. The lowest BCUT2D eigenvalue weighted by atomic mass is 10.2. The lowest BCUT2D eigenvalue weighted by Gasteiger charge is -2.14. The standard InChI is InChI=1S/C17H17BrClN3O2S/c1-2-23-15-7-12(9-21-22-17(20)25)13(18)8-16(15)24-10-11-5-3-4-6-14(11)19/h3-9H,2,10H2,1H3,(H3,20,22,25). The molecule has 0 saturated heterocycles. The van der Waals surface area contributed by atoms with E-state index >= 15 is 0 Å². The first-order chi connectivity index (χ1) is 12.0. The van der Waals surface area contributed by atoms with Gasteiger partial charge in [0.2, 0.25) is 0 Å². The van der Waals surface area contributed by atoms with Crippen molar-refractivity contribution in [2.45, 2.75) is 13.5 Å². The minimum atomic E-state index is 0.0945. The van der Waals surface area contributed by atoms with Gasteiger partial charge in [0.25, 0.3) is 0 Å². The molecule has 0 heterocycles. The first kappa shape index (κ1) is 19.5. The quantitative estimate of drug-likeness (QED) is 0.381. The molecule has 0 atom stereocenters. The smallest absolute Gasteiger partial charge is 0.184 e. The van der Waals surface area contributed by atoms with Gasteiger partial charge in [-0.25, -0.2) is 0 Å². The summed E-state index contributed by atoms with van der Waals surface area (Å²) in [6, 6.07) is 11.2. The van der Waals surface area contributed by atoms with Gasteiger partial charge in [-0.05, 0) is 53.3 Å². The van der Waals surface area contributed by atoms with Crippen molar-refractivity contribution in [3.8, 4) is 11.5 Å². The van der Waals surface area contributed by atoms with Crippen LogP contribution in [-0.2, 0) is 6.61 Å². The highest BCUT2D eigenvalue weighted by Gasteiger charge is 2.11. The highest BCUT2D eigenvalue weighted by atomic mass is 79.9. The highest BCUT2D eigenvalue weighted by Crippen LogP contribution is 2.34. The zero-order valence-corrected chi connectivity index (χ0v) is 16.6. The van der Waals surface area contributed by atoms with Gasteiger partial charge in [-0.15, -0.1) is 0 Å². The molecule has 0 aliphatic rings. The Labute approximate surface area is 165 Å². The summed E-state index contributed by atoms with van der Waals surface area (Å²) in [5.74, 6) is 1.21. The summed E-state index contributed by atoms with van der Waals surface area (Å²) >= 11 is 14.4. The van der Waals surface area contributed by atoms with Crippen LogP contribution < -0.4 is 20.6 Å². The predicted octanol–water partition coefficient (Wildman–Crippen LogP) is 4.25. The molecule has 2 aromatic carbocycles. The van der Waals surface area contributed by atoms with E-state index in [9.17, 15) is 0 Å². The number of thiocarbonyl (C=S) groups is 1. The van der Waals surface area contributed by atoms with Gasteiger partial charge in [0.15, 0.2) is 16.6 Å². The molecule has 0 fully saturated rings. The first-order valence-electron chi connectivity index (χ1n) is 7.42. The molecule has 2 rings (SSSR count). The SMILES string of the molecule is CCOc1cc(C=NNC(N)=S)c(Br)cc1OCc1ccccc1Cl. The molecule has 0 saturated carbocycles. The van der Waals surface area contributed by atoms with Crippen LogP contribution in [-0.4, -0.2) is 17.9 Å². The van der Waals surface area contributed by atoms with Gasteiger partial charge in [-0.1, -0.05) is 29.8 Å². The number of hydrogen-bond acceptors (Lipinski definition) is 4. The predicted molar refractivity (Wildman–Crippen MR) is 109 cm³/mol. The molecular formula is C17H17BrClN3O2S. The van der Waals surface area contributed by atoms with E-state index in [0.29, 0.717) is 29.7 Å². The van der Waals surface area contributed by atoms with Crippen molar-refractivity contribution in [1.29, 1.82) is 0 Å². The maximum absolute atomic E-state index is 6.17. The minimum Gasteiger partial charge on any atom is -0.490 e. The molecule has 3 N–H and O–H groups in total. The van der Waals surface area contributed by atoms with Gasteiger partial charge >= 0.3 is 0 Å². The van der Waals surface area contributed by atoms with Crippen molar-refractivity contribution in [3.05, 3.63) is 57.0 Å². The van der Waals surface area contributed by atoms with E-state index < -0.39 is 0 Å². The van der Waals surface area contributed by atoms with Crippen LogP contribution in [0.15, 0.2) is 46.0 Å². The van der Waals surface area contributed by atoms with E-state index in [0.717, 1.165) is 15.6 Å². The molecule has 0 aliphatic heterocycles. The van der Waals surface area contributed by atoms with E-state index in [-0.39, 0.29) is 5.11 Å². The van der Waals surface area contributed by atoms with Crippen LogP contribution in [0.4, 0.5) is 0 Å². The Hall–Kier alpha value is -1.83. The number of benzene rings is 2. The Balaban J connectivity index is 2.22. The molecule has 0 unspecified atom stereocenters. The summed E-state index contributed by atoms with van der Waals surface area (Å²) in [6.45, 7) is 2.75. The number of nitrogens with zero attached hydrogens (tertiary/aromatic N) is 1. The summed E-state index contributed by atoms with van der Waals surface area (Å²) in [6.07, 6.45) is 1.59. The second-order valence-electron chi connectivity index (χ2n) is 4.87. The summed E-state index contributed by atoms with van der Waals surface area (Å²) in [5.41, 5.74) is 9.54. The van der Waals surface area contributed by atoms with Gasteiger partial charge in [0.1, 0.15) is 6.61 Å². The number of ether oxygens (including phenoxy) is 2. The van der Waals surface area contributed by atoms with Crippen molar-refractivity contribution in [1.82, 2.24) is 5.43 Å². The fourth-order valence-corrected chi connectivity index (χ4v) is 2.64. The minimum absolute atomic E-state index is 0.0945. The third kappa shape index (κ3) is 5.88. The zero-order chi connectivity index (χ0) is 18.2. The van der Waals surface area contributed by atoms with E-state index in [1.54, 1.807) is 6.21 Å². The Kier molecular flexibility index (Phi) is 7.49. The molecule has 0 aromatic heterocycles. The van der Waals surface area contributed by atoms with E-state index in [4.69, 9.17) is 39.0 Å². The molecule has 0 radical (unpaired) electrons. The largest absolute Gasteiger partial charge is 0.490 e. The van der Waals surface area contributed by atoms with Crippen LogP contribution in [0.25, 0.3) is 0 Å². The van der Waals surface area contributed by atoms with Crippen LogP contribution in [0, 0.1) is 0 Å². The fraction of sp³-hybridized carbons (Fsp3) is 0.176.